The van der Waals surface area contributed by atoms with Crippen LogP contribution >= 0.6 is 0 Å². The molecule has 2 heterocycles. The first kappa shape index (κ1) is 7.18. The van der Waals surface area contributed by atoms with Gasteiger partial charge in [-0.1, -0.05) is 6.07 Å². The van der Waals surface area contributed by atoms with Crippen molar-refractivity contribution >= 4 is 6.34 Å². The lowest BCUT2D eigenvalue weighted by Gasteiger charge is -2.03. The predicted octanol–water partition coefficient (Wildman–Crippen LogP) is -0.0204. The number of nitrogens with zero attached hydrogens (tertiary/aromatic N) is 2. The van der Waals surface area contributed by atoms with Crippen molar-refractivity contribution in [2.24, 2.45) is 4.99 Å². The van der Waals surface area contributed by atoms with E-state index in [4.69, 9.17) is 0 Å². The Morgan fingerprint density at radius 1 is 1.33 bits per heavy atom. The van der Waals surface area contributed by atoms with Gasteiger partial charge in [-0.2, -0.15) is 0 Å². The smallest absolute Gasteiger partial charge is 0.193 e. The largest absolute Gasteiger partial charge is 0.260 e. The first-order valence-corrected chi connectivity index (χ1v) is 3.90. The molecule has 0 aromatic carbocycles. The van der Waals surface area contributed by atoms with Crippen LogP contribution in [0.3, 0.4) is 0 Å². The maximum absolute atomic E-state index is 4.23. The number of nitrogens with one attached hydrogen (secondary N) is 1. The van der Waals surface area contributed by atoms with Gasteiger partial charge in [0.05, 0.1) is 11.9 Å². The van der Waals surface area contributed by atoms with Gasteiger partial charge in [-0.3, -0.25) is 9.88 Å². The van der Waals surface area contributed by atoms with E-state index in [0.29, 0.717) is 0 Å². The topological polar surface area (TPSA) is 29.7 Å². The third-order valence-corrected chi connectivity index (χ3v) is 1.73. The molecule has 1 unspecified atom stereocenters. The van der Waals surface area contributed by atoms with Gasteiger partial charge in [0.2, 0.25) is 0 Å². The molecule has 0 fully saturated rings. The van der Waals surface area contributed by atoms with Crippen molar-refractivity contribution in [1.82, 2.24) is 4.98 Å². The first-order chi connectivity index (χ1) is 5.95. The zero-order valence-electron chi connectivity index (χ0n) is 6.64. The van der Waals surface area contributed by atoms with Crippen LogP contribution in [-0.2, 0) is 6.54 Å². The summed E-state index contributed by atoms with van der Waals surface area (Å²) in [5.41, 5.74) is 1.09. The summed E-state index contributed by atoms with van der Waals surface area (Å²) < 4.78 is 0. The molecule has 1 atom stereocenters. The summed E-state index contributed by atoms with van der Waals surface area (Å²) in [4.78, 5) is 9.43. The molecule has 1 aliphatic rings. The van der Waals surface area contributed by atoms with E-state index in [2.05, 4.69) is 9.98 Å². The van der Waals surface area contributed by atoms with E-state index in [-0.39, 0.29) is 0 Å². The van der Waals surface area contributed by atoms with E-state index in [1.54, 1.807) is 6.20 Å². The fourth-order valence-electron chi connectivity index (χ4n) is 1.14. The third kappa shape index (κ3) is 1.57. The summed E-state index contributed by atoms with van der Waals surface area (Å²) in [7, 11) is 0. The van der Waals surface area contributed by atoms with Gasteiger partial charge in [0.15, 0.2) is 6.34 Å². The van der Waals surface area contributed by atoms with Crippen molar-refractivity contribution in [2.45, 2.75) is 6.54 Å². The standard InChI is InChI=1S/C9H9N3/c1-2-4-11-9(3-1)7-12-6-5-10-8-12/h1-6,8H,7H2/p+1. The summed E-state index contributed by atoms with van der Waals surface area (Å²) in [6.07, 6.45) is 7.49. The molecule has 2 rings (SSSR count). The van der Waals surface area contributed by atoms with Gasteiger partial charge in [0.25, 0.3) is 0 Å². The van der Waals surface area contributed by atoms with Crippen LogP contribution < -0.4 is 4.90 Å². The summed E-state index contributed by atoms with van der Waals surface area (Å²) in [5, 5.41) is 0. The SMILES string of the molecule is C1=C[NH+](Cc2ccccn2)C=N1. The molecule has 0 amide bonds. The van der Waals surface area contributed by atoms with E-state index >= 15 is 0 Å². The van der Waals surface area contributed by atoms with Gasteiger partial charge in [-0.25, -0.2) is 4.99 Å². The van der Waals surface area contributed by atoms with Crippen molar-refractivity contribution in [2.75, 3.05) is 0 Å². The molecular weight excluding hydrogens is 150 g/mol. The van der Waals surface area contributed by atoms with Crippen molar-refractivity contribution in [3.05, 3.63) is 42.5 Å². The quantitative estimate of drug-likeness (QED) is 0.647. The van der Waals surface area contributed by atoms with Crippen molar-refractivity contribution < 1.29 is 4.90 Å². The number of rotatable bonds is 2. The lowest BCUT2D eigenvalue weighted by molar-refractivity contribution is -0.752. The minimum Gasteiger partial charge on any atom is -0.260 e. The predicted molar refractivity (Wildman–Crippen MR) is 46.5 cm³/mol. The molecule has 1 aliphatic heterocycles. The van der Waals surface area contributed by atoms with Gasteiger partial charge in [0, 0.05) is 6.20 Å². The number of quaternary nitrogens is 1. The lowest BCUT2D eigenvalue weighted by Crippen LogP contribution is -3.04. The molecule has 0 aliphatic carbocycles. The van der Waals surface area contributed by atoms with Crippen LogP contribution in [0.15, 0.2) is 41.8 Å². The lowest BCUT2D eigenvalue weighted by atomic mass is 10.3. The van der Waals surface area contributed by atoms with E-state index in [9.17, 15) is 0 Å². The Labute approximate surface area is 71.1 Å². The molecule has 1 aromatic heterocycles. The molecule has 0 radical (unpaired) electrons. The summed E-state index contributed by atoms with van der Waals surface area (Å²) in [6.45, 7) is 0.876. The fourth-order valence-corrected chi connectivity index (χ4v) is 1.14. The van der Waals surface area contributed by atoms with E-state index < -0.39 is 0 Å². The number of aromatic nitrogens is 1. The second-order valence-corrected chi connectivity index (χ2v) is 2.67. The van der Waals surface area contributed by atoms with Crippen LogP contribution in [0, 0.1) is 0 Å². The highest BCUT2D eigenvalue weighted by molar-refractivity contribution is 5.47. The van der Waals surface area contributed by atoms with Crippen molar-refractivity contribution in [3.8, 4) is 0 Å². The Morgan fingerprint density at radius 2 is 2.33 bits per heavy atom. The fraction of sp³-hybridized carbons (Fsp3) is 0.111. The van der Waals surface area contributed by atoms with E-state index in [1.165, 1.54) is 4.90 Å². The number of pyridine rings is 1. The molecule has 0 saturated heterocycles. The first-order valence-electron chi connectivity index (χ1n) is 3.90. The van der Waals surface area contributed by atoms with Crippen molar-refractivity contribution in [1.29, 1.82) is 0 Å². The van der Waals surface area contributed by atoms with E-state index in [0.717, 1.165) is 12.2 Å². The Morgan fingerprint density at radius 3 is 3.00 bits per heavy atom. The third-order valence-electron chi connectivity index (χ3n) is 1.73. The molecule has 12 heavy (non-hydrogen) atoms. The van der Waals surface area contributed by atoms with Gasteiger partial charge >= 0.3 is 0 Å². The van der Waals surface area contributed by atoms with Crippen LogP contribution in [0.4, 0.5) is 0 Å². The molecule has 3 nitrogen and oxygen atoms in total. The molecule has 0 saturated carbocycles. The zero-order valence-corrected chi connectivity index (χ0v) is 6.64. The average Bonchev–Trinajstić information content (AvgIpc) is 2.59. The molecular formula is C9H10N3+. The second kappa shape index (κ2) is 3.28. The zero-order chi connectivity index (χ0) is 8.23. The Hall–Kier alpha value is -1.48. The van der Waals surface area contributed by atoms with Gasteiger partial charge in [-0.15, -0.1) is 0 Å². The van der Waals surface area contributed by atoms with Crippen LogP contribution in [0.2, 0.25) is 0 Å². The summed E-state index contributed by atoms with van der Waals surface area (Å²) >= 11 is 0. The van der Waals surface area contributed by atoms with Crippen molar-refractivity contribution in [3.63, 3.8) is 0 Å². The normalized spacial score (nSPS) is 20.2. The maximum atomic E-state index is 4.23. The molecule has 0 bridgehead atoms. The second-order valence-electron chi connectivity index (χ2n) is 2.67. The average molecular weight is 160 g/mol. The molecule has 1 N–H and O–H groups in total. The molecule has 3 heteroatoms. The maximum Gasteiger partial charge on any atom is 0.193 e. The van der Waals surface area contributed by atoms with Crippen LogP contribution in [0.1, 0.15) is 5.69 Å². The van der Waals surface area contributed by atoms with Crippen LogP contribution in [-0.4, -0.2) is 11.3 Å². The number of hydrogen-bond donors (Lipinski definition) is 1. The van der Waals surface area contributed by atoms with Gasteiger partial charge in [-0.05, 0) is 12.1 Å². The summed E-state index contributed by atoms with van der Waals surface area (Å²) in [6, 6.07) is 5.94. The monoisotopic (exact) mass is 160 g/mol. The minimum absolute atomic E-state index is 0.876. The Balaban J connectivity index is 2.04. The number of aliphatic imine (C=N–C) groups is 1. The summed E-state index contributed by atoms with van der Waals surface area (Å²) in [5.74, 6) is 0. The van der Waals surface area contributed by atoms with Gasteiger partial charge < -0.3 is 0 Å². The molecule has 0 spiro atoms. The molecule has 1 aromatic rings. The van der Waals surface area contributed by atoms with Gasteiger partial charge in [0.1, 0.15) is 12.7 Å². The highest BCUT2D eigenvalue weighted by Gasteiger charge is 2.06. The Bertz CT molecular complexity index is 291. The van der Waals surface area contributed by atoms with Crippen LogP contribution in [0.5, 0.6) is 0 Å². The Kier molecular flexibility index (Phi) is 1.96. The highest BCUT2D eigenvalue weighted by atomic mass is 15.2. The highest BCUT2D eigenvalue weighted by Crippen LogP contribution is 1.89. The minimum atomic E-state index is 0.876. The van der Waals surface area contributed by atoms with E-state index in [1.807, 2.05) is 36.9 Å². The molecule has 60 valence electrons. The number of hydrogen-bond acceptors (Lipinski definition) is 2. The van der Waals surface area contributed by atoms with Crippen LogP contribution in [0.25, 0.3) is 0 Å².